The Morgan fingerprint density at radius 1 is 1.45 bits per heavy atom. The average Bonchev–Trinajstić information content (AvgIpc) is 2.80. The first-order valence-electron chi connectivity index (χ1n) is 5.34. The maximum Gasteiger partial charge on any atom is 0.325 e. The highest BCUT2D eigenvalue weighted by Gasteiger charge is 2.13. The Kier molecular flexibility index (Phi) is 3.94. The third-order valence-corrected chi connectivity index (χ3v) is 2.56. The number of carbonyl (C=O) groups is 2. The van der Waals surface area contributed by atoms with Crippen LogP contribution in [0, 0.1) is 5.82 Å². The van der Waals surface area contributed by atoms with Crippen molar-refractivity contribution in [3.63, 3.8) is 0 Å². The number of benzene rings is 1. The number of carbonyl (C=O) groups excluding carboxylic acids is 1. The molecule has 0 fully saturated rings. The first-order chi connectivity index (χ1) is 9.45. The summed E-state index contributed by atoms with van der Waals surface area (Å²) in [6.45, 7) is -0.405. The Morgan fingerprint density at radius 2 is 2.20 bits per heavy atom. The summed E-state index contributed by atoms with van der Waals surface area (Å²) < 4.78 is 13.9. The predicted octanol–water partition coefficient (Wildman–Crippen LogP) is 1.41. The molecule has 0 saturated carbocycles. The lowest BCUT2D eigenvalue weighted by Crippen LogP contribution is -2.13. The maximum absolute atomic E-state index is 12.9. The van der Waals surface area contributed by atoms with Crippen molar-refractivity contribution in [2.45, 2.75) is 6.54 Å². The zero-order valence-electron chi connectivity index (χ0n) is 9.88. The fraction of sp³-hybridized carbons (Fsp3) is 0.0909. The second-order valence-corrected chi connectivity index (χ2v) is 4.18. The zero-order valence-corrected chi connectivity index (χ0v) is 10.6. The van der Waals surface area contributed by atoms with Crippen molar-refractivity contribution in [1.29, 1.82) is 0 Å². The van der Waals surface area contributed by atoms with Gasteiger partial charge in [-0.3, -0.25) is 9.59 Å². The molecule has 0 spiro atoms. The van der Waals surface area contributed by atoms with Gasteiger partial charge in [0.2, 0.25) is 0 Å². The fourth-order valence-electron chi connectivity index (χ4n) is 1.40. The van der Waals surface area contributed by atoms with E-state index < -0.39 is 24.2 Å². The van der Waals surface area contributed by atoms with E-state index in [2.05, 4.69) is 15.6 Å². The standard InChI is InChI=1S/C11H8ClFN4O3/c12-7-3-6(13)1-2-8(7)14-11(20)9-4-17(16-15-9)5-10(18)19/h1-4H,5H2,(H,14,20)(H,18,19). The van der Waals surface area contributed by atoms with Crippen molar-refractivity contribution in [2.75, 3.05) is 5.32 Å². The number of hydrogen-bond donors (Lipinski definition) is 2. The van der Waals surface area contributed by atoms with Gasteiger partial charge in [-0.05, 0) is 18.2 Å². The summed E-state index contributed by atoms with van der Waals surface area (Å²) in [6, 6.07) is 3.50. The molecule has 1 heterocycles. The van der Waals surface area contributed by atoms with Gasteiger partial charge in [-0.2, -0.15) is 0 Å². The highest BCUT2D eigenvalue weighted by Crippen LogP contribution is 2.22. The van der Waals surface area contributed by atoms with Crippen LogP contribution >= 0.6 is 11.6 Å². The normalized spacial score (nSPS) is 10.3. The largest absolute Gasteiger partial charge is 0.480 e. The molecule has 0 aliphatic rings. The number of amides is 1. The Morgan fingerprint density at radius 3 is 2.85 bits per heavy atom. The number of anilines is 1. The Bertz CT molecular complexity index is 673. The van der Waals surface area contributed by atoms with Gasteiger partial charge in [-0.25, -0.2) is 9.07 Å². The van der Waals surface area contributed by atoms with E-state index in [1.165, 1.54) is 12.3 Å². The highest BCUT2D eigenvalue weighted by molar-refractivity contribution is 6.33. The summed E-state index contributed by atoms with van der Waals surface area (Å²) in [4.78, 5) is 22.3. The summed E-state index contributed by atoms with van der Waals surface area (Å²) in [5.74, 6) is -2.26. The average molecular weight is 299 g/mol. The van der Waals surface area contributed by atoms with Gasteiger partial charge in [-0.15, -0.1) is 5.10 Å². The van der Waals surface area contributed by atoms with Gasteiger partial charge in [0, 0.05) is 0 Å². The first-order valence-corrected chi connectivity index (χ1v) is 5.72. The molecule has 0 bridgehead atoms. The molecular weight excluding hydrogens is 291 g/mol. The number of hydrogen-bond acceptors (Lipinski definition) is 4. The fourth-order valence-corrected chi connectivity index (χ4v) is 1.61. The molecule has 104 valence electrons. The van der Waals surface area contributed by atoms with Gasteiger partial charge in [-0.1, -0.05) is 16.8 Å². The zero-order chi connectivity index (χ0) is 14.7. The predicted molar refractivity (Wildman–Crippen MR) is 67.0 cm³/mol. The second kappa shape index (κ2) is 5.66. The lowest BCUT2D eigenvalue weighted by atomic mass is 10.3. The third kappa shape index (κ3) is 3.29. The van der Waals surface area contributed by atoms with Gasteiger partial charge in [0.15, 0.2) is 5.69 Å². The molecule has 1 aromatic heterocycles. The molecule has 0 unspecified atom stereocenters. The Balaban J connectivity index is 2.11. The van der Waals surface area contributed by atoms with Crippen molar-refractivity contribution < 1.29 is 19.1 Å². The van der Waals surface area contributed by atoms with Crippen molar-refractivity contribution in [3.05, 3.63) is 40.9 Å². The van der Waals surface area contributed by atoms with Gasteiger partial charge in [0.25, 0.3) is 5.91 Å². The van der Waals surface area contributed by atoms with Crippen LogP contribution in [-0.4, -0.2) is 32.0 Å². The number of aliphatic carboxylic acids is 1. The lowest BCUT2D eigenvalue weighted by Gasteiger charge is -2.04. The number of carboxylic acid groups (broad SMARTS) is 1. The van der Waals surface area contributed by atoms with Crippen molar-refractivity contribution in [1.82, 2.24) is 15.0 Å². The van der Waals surface area contributed by atoms with Crippen LogP contribution < -0.4 is 5.32 Å². The second-order valence-electron chi connectivity index (χ2n) is 3.77. The van der Waals surface area contributed by atoms with Crippen molar-refractivity contribution in [3.8, 4) is 0 Å². The number of nitrogens with one attached hydrogen (secondary N) is 1. The molecule has 1 aromatic carbocycles. The van der Waals surface area contributed by atoms with Crippen LogP contribution in [0.5, 0.6) is 0 Å². The molecule has 0 radical (unpaired) electrons. The Labute approximate surface area is 117 Å². The summed E-state index contributed by atoms with van der Waals surface area (Å²) in [7, 11) is 0. The summed E-state index contributed by atoms with van der Waals surface area (Å²) in [5.41, 5.74) is 0.137. The van der Waals surface area contributed by atoms with E-state index in [0.29, 0.717) is 0 Å². The van der Waals surface area contributed by atoms with Gasteiger partial charge >= 0.3 is 5.97 Å². The minimum atomic E-state index is -1.11. The van der Waals surface area contributed by atoms with Gasteiger partial charge in [0.1, 0.15) is 12.4 Å². The van der Waals surface area contributed by atoms with Crippen LogP contribution in [-0.2, 0) is 11.3 Å². The Hall–Kier alpha value is -2.48. The summed E-state index contributed by atoms with van der Waals surface area (Å²) in [5, 5.41) is 18.0. The molecule has 1 amide bonds. The van der Waals surface area contributed by atoms with Crippen LogP contribution in [0.3, 0.4) is 0 Å². The van der Waals surface area contributed by atoms with Crippen molar-refractivity contribution >= 4 is 29.2 Å². The molecule has 9 heteroatoms. The lowest BCUT2D eigenvalue weighted by molar-refractivity contribution is -0.137. The van der Waals surface area contributed by atoms with Crippen molar-refractivity contribution in [2.24, 2.45) is 0 Å². The third-order valence-electron chi connectivity index (χ3n) is 2.25. The van der Waals surface area contributed by atoms with Crippen LogP contribution in [0.15, 0.2) is 24.4 Å². The molecule has 2 rings (SSSR count). The van der Waals surface area contributed by atoms with E-state index in [1.807, 2.05) is 0 Å². The van der Waals surface area contributed by atoms with Crippen LogP contribution in [0.2, 0.25) is 5.02 Å². The van der Waals surface area contributed by atoms with E-state index in [0.717, 1.165) is 16.8 Å². The molecule has 0 aliphatic heterocycles. The minimum absolute atomic E-state index is 0.0382. The number of carboxylic acids is 1. The monoisotopic (exact) mass is 298 g/mol. The number of halogens is 2. The quantitative estimate of drug-likeness (QED) is 0.889. The number of rotatable bonds is 4. The van der Waals surface area contributed by atoms with E-state index in [9.17, 15) is 14.0 Å². The summed E-state index contributed by atoms with van der Waals surface area (Å²) in [6.07, 6.45) is 1.18. The van der Waals surface area contributed by atoms with Crippen LogP contribution in [0.4, 0.5) is 10.1 Å². The molecule has 0 atom stereocenters. The smallest absolute Gasteiger partial charge is 0.325 e. The SMILES string of the molecule is O=C(O)Cn1cc(C(=O)Nc2ccc(F)cc2Cl)nn1. The molecule has 7 nitrogen and oxygen atoms in total. The van der Waals surface area contributed by atoms with E-state index >= 15 is 0 Å². The first kappa shape index (κ1) is 13.9. The van der Waals surface area contributed by atoms with E-state index in [1.54, 1.807) is 0 Å². The summed E-state index contributed by atoms with van der Waals surface area (Å²) >= 11 is 5.76. The molecule has 20 heavy (non-hydrogen) atoms. The maximum atomic E-state index is 12.9. The molecule has 0 saturated heterocycles. The minimum Gasteiger partial charge on any atom is -0.480 e. The van der Waals surface area contributed by atoms with E-state index in [-0.39, 0.29) is 16.4 Å². The van der Waals surface area contributed by atoms with Gasteiger partial charge < -0.3 is 10.4 Å². The number of aromatic nitrogens is 3. The topological polar surface area (TPSA) is 97.1 Å². The number of nitrogens with zero attached hydrogens (tertiary/aromatic N) is 3. The molecule has 2 N–H and O–H groups in total. The highest BCUT2D eigenvalue weighted by atomic mass is 35.5. The van der Waals surface area contributed by atoms with Crippen LogP contribution in [0.1, 0.15) is 10.5 Å². The molecular formula is C11H8ClFN4O3. The van der Waals surface area contributed by atoms with Crippen LogP contribution in [0.25, 0.3) is 0 Å². The molecule has 2 aromatic rings. The van der Waals surface area contributed by atoms with E-state index in [4.69, 9.17) is 16.7 Å². The molecule has 0 aliphatic carbocycles. The van der Waals surface area contributed by atoms with Gasteiger partial charge in [0.05, 0.1) is 16.9 Å².